The Morgan fingerprint density at radius 2 is 2.33 bits per heavy atom. The molecule has 2 atom stereocenters. The molecule has 4 nitrogen and oxygen atoms in total. The summed E-state index contributed by atoms with van der Waals surface area (Å²) in [5.41, 5.74) is 0. The summed E-state index contributed by atoms with van der Waals surface area (Å²) in [5, 5.41) is 8.95. The molecule has 6 heteroatoms. The highest BCUT2D eigenvalue weighted by Gasteiger charge is 2.30. The van der Waals surface area contributed by atoms with Gasteiger partial charge in [0, 0.05) is 0 Å². The van der Waals surface area contributed by atoms with Crippen molar-refractivity contribution in [1.29, 1.82) is 0 Å². The first-order valence-electron chi connectivity index (χ1n) is 5.52. The number of rotatable bonds is 4. The van der Waals surface area contributed by atoms with Gasteiger partial charge in [0.25, 0.3) is 0 Å². The lowest BCUT2D eigenvalue weighted by Crippen LogP contribution is -2.23. The Bertz CT molecular complexity index is 452. The number of hydrogen-bond donors (Lipinski definition) is 1. The minimum Gasteiger partial charge on any atom is -0.489 e. The monoisotopic (exact) mass is 274 g/mol. The Kier molecular flexibility index (Phi) is 4.04. The molecule has 0 aromatic heterocycles. The van der Waals surface area contributed by atoms with E-state index in [1.54, 1.807) is 0 Å². The van der Waals surface area contributed by atoms with Crippen LogP contribution in [0.3, 0.4) is 0 Å². The van der Waals surface area contributed by atoms with Gasteiger partial charge in [-0.05, 0) is 31.0 Å². The third-order valence-electron chi connectivity index (χ3n) is 2.70. The largest absolute Gasteiger partial charge is 0.489 e. The maximum absolute atomic E-state index is 12.8. The van der Waals surface area contributed by atoms with Crippen molar-refractivity contribution in [2.24, 2.45) is 0 Å². The smallest absolute Gasteiger partial charge is 0.332 e. The first-order chi connectivity index (χ1) is 8.56. The Hall–Kier alpha value is -1.33. The maximum atomic E-state index is 12.8. The zero-order chi connectivity index (χ0) is 13.1. The Morgan fingerprint density at radius 3 is 2.94 bits per heavy atom. The van der Waals surface area contributed by atoms with Crippen LogP contribution in [0.2, 0.25) is 5.02 Å². The van der Waals surface area contributed by atoms with Crippen molar-refractivity contribution < 1.29 is 23.8 Å². The van der Waals surface area contributed by atoms with Gasteiger partial charge in [-0.25, -0.2) is 9.18 Å². The summed E-state index contributed by atoms with van der Waals surface area (Å²) in [6.07, 6.45) is 0.0607. The van der Waals surface area contributed by atoms with Gasteiger partial charge in [-0.2, -0.15) is 0 Å². The van der Waals surface area contributed by atoms with Gasteiger partial charge >= 0.3 is 5.97 Å². The van der Waals surface area contributed by atoms with Crippen molar-refractivity contribution in [1.82, 2.24) is 0 Å². The van der Waals surface area contributed by atoms with E-state index in [0.29, 0.717) is 18.6 Å². The first kappa shape index (κ1) is 13.1. The second-order valence-corrected chi connectivity index (χ2v) is 4.46. The van der Waals surface area contributed by atoms with Gasteiger partial charge in [0.05, 0.1) is 11.1 Å². The van der Waals surface area contributed by atoms with Crippen molar-refractivity contribution >= 4 is 17.6 Å². The summed E-state index contributed by atoms with van der Waals surface area (Å²) in [7, 11) is 0. The zero-order valence-corrected chi connectivity index (χ0v) is 10.2. The van der Waals surface area contributed by atoms with Crippen LogP contribution < -0.4 is 4.74 Å². The molecular weight excluding hydrogens is 263 g/mol. The molecule has 2 rings (SSSR count). The van der Waals surface area contributed by atoms with E-state index >= 15 is 0 Å². The fraction of sp³-hybridized carbons (Fsp3) is 0.417. The average Bonchev–Trinajstić information content (AvgIpc) is 2.76. The molecule has 1 N–H and O–H groups in total. The molecule has 1 aromatic rings. The van der Waals surface area contributed by atoms with Crippen LogP contribution in [0.1, 0.15) is 12.8 Å². The lowest BCUT2D eigenvalue weighted by atomic mass is 10.2. The standard InChI is InChI=1S/C12H12ClFO4/c13-9-5-7(14)1-3-10(9)17-6-8-2-4-11(18-8)12(15)16/h1,3,5,8,11H,2,4,6H2,(H,15,16). The molecule has 0 radical (unpaired) electrons. The van der Waals surface area contributed by atoms with Gasteiger partial charge in [0.2, 0.25) is 0 Å². The number of ether oxygens (including phenoxy) is 2. The van der Waals surface area contributed by atoms with Crippen molar-refractivity contribution in [3.63, 3.8) is 0 Å². The minimum atomic E-state index is -0.961. The van der Waals surface area contributed by atoms with Crippen LogP contribution in [-0.4, -0.2) is 29.9 Å². The highest BCUT2D eigenvalue weighted by atomic mass is 35.5. The molecule has 0 saturated carbocycles. The van der Waals surface area contributed by atoms with Crippen LogP contribution in [0.25, 0.3) is 0 Å². The van der Waals surface area contributed by atoms with E-state index in [1.165, 1.54) is 12.1 Å². The van der Waals surface area contributed by atoms with Crippen LogP contribution in [0.15, 0.2) is 18.2 Å². The van der Waals surface area contributed by atoms with Gasteiger partial charge in [-0.15, -0.1) is 0 Å². The Balaban J connectivity index is 1.87. The fourth-order valence-corrected chi connectivity index (χ4v) is 2.01. The lowest BCUT2D eigenvalue weighted by molar-refractivity contribution is -0.149. The number of carbonyl (C=O) groups is 1. The Morgan fingerprint density at radius 1 is 1.56 bits per heavy atom. The van der Waals surface area contributed by atoms with Crippen LogP contribution in [0.4, 0.5) is 4.39 Å². The topological polar surface area (TPSA) is 55.8 Å². The lowest BCUT2D eigenvalue weighted by Gasteiger charge is -2.13. The van der Waals surface area contributed by atoms with Crippen molar-refractivity contribution in [2.45, 2.75) is 25.0 Å². The normalized spacial score (nSPS) is 23.0. The minimum absolute atomic E-state index is 0.183. The van der Waals surface area contributed by atoms with Crippen molar-refractivity contribution in [3.8, 4) is 5.75 Å². The van der Waals surface area contributed by atoms with E-state index in [4.69, 9.17) is 26.2 Å². The van der Waals surface area contributed by atoms with Crippen LogP contribution in [0.5, 0.6) is 5.75 Å². The molecule has 0 aliphatic carbocycles. The molecule has 98 valence electrons. The molecule has 0 spiro atoms. The molecule has 2 unspecified atom stereocenters. The maximum Gasteiger partial charge on any atom is 0.332 e. The second-order valence-electron chi connectivity index (χ2n) is 4.05. The molecule has 18 heavy (non-hydrogen) atoms. The van der Waals surface area contributed by atoms with E-state index in [1.807, 2.05) is 0 Å². The summed E-state index contributed by atoms with van der Waals surface area (Å²) < 4.78 is 23.5. The van der Waals surface area contributed by atoms with E-state index in [9.17, 15) is 9.18 Å². The molecular formula is C12H12ClFO4. The third-order valence-corrected chi connectivity index (χ3v) is 3.00. The number of aliphatic carboxylic acids is 1. The SMILES string of the molecule is O=C(O)C1CCC(COc2ccc(F)cc2Cl)O1. The van der Waals surface area contributed by atoms with Crippen LogP contribution in [0, 0.1) is 5.82 Å². The summed E-state index contributed by atoms with van der Waals surface area (Å²) in [5.74, 6) is -1.03. The van der Waals surface area contributed by atoms with Gasteiger partial charge < -0.3 is 14.6 Å². The molecule has 1 aliphatic rings. The third kappa shape index (κ3) is 3.11. The number of carboxylic acid groups (broad SMARTS) is 1. The van der Waals surface area contributed by atoms with E-state index < -0.39 is 17.9 Å². The summed E-state index contributed by atoms with van der Waals surface area (Å²) in [4.78, 5) is 10.7. The van der Waals surface area contributed by atoms with Gasteiger partial charge in [-0.1, -0.05) is 11.6 Å². The summed E-state index contributed by atoms with van der Waals surface area (Å²) in [6.45, 7) is 0.204. The molecule has 1 aromatic carbocycles. The van der Waals surface area contributed by atoms with E-state index in [2.05, 4.69) is 0 Å². The molecule has 0 amide bonds. The number of benzene rings is 1. The van der Waals surface area contributed by atoms with Crippen molar-refractivity contribution in [2.75, 3.05) is 6.61 Å². The summed E-state index contributed by atoms with van der Waals surface area (Å²) in [6, 6.07) is 3.84. The van der Waals surface area contributed by atoms with Gasteiger partial charge in [0.1, 0.15) is 18.2 Å². The second kappa shape index (κ2) is 5.54. The highest BCUT2D eigenvalue weighted by Crippen LogP contribution is 2.26. The Labute approximate surface area is 108 Å². The van der Waals surface area contributed by atoms with E-state index in [0.717, 1.165) is 6.07 Å². The molecule has 1 aliphatic heterocycles. The molecule has 1 fully saturated rings. The molecule has 0 bridgehead atoms. The molecule has 1 heterocycles. The molecule has 1 saturated heterocycles. The van der Waals surface area contributed by atoms with E-state index in [-0.39, 0.29) is 17.7 Å². The predicted molar refractivity (Wildman–Crippen MR) is 62.4 cm³/mol. The van der Waals surface area contributed by atoms with Crippen LogP contribution in [-0.2, 0) is 9.53 Å². The number of halogens is 2. The first-order valence-corrected chi connectivity index (χ1v) is 5.90. The van der Waals surface area contributed by atoms with Gasteiger partial charge in [0.15, 0.2) is 6.10 Å². The average molecular weight is 275 g/mol. The summed E-state index contributed by atoms with van der Waals surface area (Å²) >= 11 is 5.79. The number of carboxylic acids is 1. The highest BCUT2D eigenvalue weighted by molar-refractivity contribution is 6.32. The number of hydrogen-bond acceptors (Lipinski definition) is 3. The predicted octanol–water partition coefficient (Wildman–Crippen LogP) is 2.49. The fourth-order valence-electron chi connectivity index (χ4n) is 1.78. The quantitative estimate of drug-likeness (QED) is 0.916. The van der Waals surface area contributed by atoms with Crippen molar-refractivity contribution in [3.05, 3.63) is 29.0 Å². The van der Waals surface area contributed by atoms with Gasteiger partial charge in [-0.3, -0.25) is 0 Å². The van der Waals surface area contributed by atoms with Crippen LogP contribution >= 0.6 is 11.6 Å². The zero-order valence-electron chi connectivity index (χ0n) is 9.44.